The molecule has 3 aromatic heterocycles. The molecule has 0 amide bonds. The van der Waals surface area contributed by atoms with Crippen LogP contribution in [0.1, 0.15) is 0 Å². The highest BCUT2D eigenvalue weighted by Crippen LogP contribution is 2.48. The van der Waals surface area contributed by atoms with Crippen molar-refractivity contribution >= 4 is 75.0 Å². The van der Waals surface area contributed by atoms with E-state index in [1.165, 1.54) is 20.2 Å². The predicted octanol–water partition coefficient (Wildman–Crippen LogP) is 13.1. The van der Waals surface area contributed by atoms with Gasteiger partial charge in [0.1, 0.15) is 11.2 Å². The molecular formula is C47H27N3OS. The molecule has 0 aliphatic rings. The molecule has 0 N–H and O–H groups in total. The lowest BCUT2D eigenvalue weighted by molar-refractivity contribution is 0.673. The number of furan rings is 1. The van der Waals surface area contributed by atoms with Crippen LogP contribution in [0, 0.1) is 0 Å². The maximum Gasteiger partial charge on any atom is 0.164 e. The Morgan fingerprint density at radius 2 is 0.962 bits per heavy atom. The molecule has 0 bridgehead atoms. The van der Waals surface area contributed by atoms with E-state index in [1.807, 2.05) is 53.8 Å². The third-order valence-electron chi connectivity index (χ3n) is 10.1. The highest BCUT2D eigenvalue weighted by molar-refractivity contribution is 7.26. The Hall–Kier alpha value is -6.69. The maximum absolute atomic E-state index is 6.77. The summed E-state index contributed by atoms with van der Waals surface area (Å²) in [7, 11) is 0. The van der Waals surface area contributed by atoms with Crippen LogP contribution in [0.3, 0.4) is 0 Å². The van der Waals surface area contributed by atoms with Crippen molar-refractivity contribution in [2.45, 2.75) is 0 Å². The molecule has 0 atom stereocenters. The van der Waals surface area contributed by atoms with Crippen LogP contribution in [-0.2, 0) is 0 Å². The van der Waals surface area contributed by atoms with Crippen molar-refractivity contribution in [3.8, 4) is 45.3 Å². The molecule has 4 nitrogen and oxygen atoms in total. The standard InChI is InChI=1S/C47H27N3OS/c1-3-13-28(14-4-1)45-48-46(29-15-5-2-6-16-29)50-47(49-45)38-26-31-18-8-7-17-30(31)25-36(38)37-27-41-42(35-20-10-12-22-40(35)52-41)43-33(37)23-24-34-32-19-9-11-21-39(32)51-44(34)43/h1-27H. The monoisotopic (exact) mass is 681 g/mol. The number of aromatic nitrogens is 3. The number of rotatable bonds is 4. The van der Waals surface area contributed by atoms with Crippen LogP contribution in [0.25, 0.3) is 109 Å². The predicted molar refractivity (Wildman–Crippen MR) is 217 cm³/mol. The number of nitrogens with zero attached hydrogens (tertiary/aromatic N) is 3. The van der Waals surface area contributed by atoms with Gasteiger partial charge in [0.15, 0.2) is 17.5 Å². The molecule has 0 unspecified atom stereocenters. The Bertz CT molecular complexity index is 3120. The van der Waals surface area contributed by atoms with E-state index in [0.717, 1.165) is 71.3 Å². The average molecular weight is 682 g/mol. The van der Waals surface area contributed by atoms with Gasteiger partial charge >= 0.3 is 0 Å². The van der Waals surface area contributed by atoms with E-state index in [9.17, 15) is 0 Å². The van der Waals surface area contributed by atoms with Gasteiger partial charge in [0.05, 0.1) is 0 Å². The van der Waals surface area contributed by atoms with Crippen molar-refractivity contribution in [3.63, 3.8) is 0 Å². The van der Waals surface area contributed by atoms with Gasteiger partial charge in [0, 0.05) is 53.0 Å². The van der Waals surface area contributed by atoms with Crippen LogP contribution in [0.15, 0.2) is 168 Å². The second-order valence-corrected chi connectivity index (χ2v) is 14.2. The van der Waals surface area contributed by atoms with Gasteiger partial charge < -0.3 is 4.42 Å². The quantitative estimate of drug-likeness (QED) is 0.185. The van der Waals surface area contributed by atoms with Crippen LogP contribution in [0.2, 0.25) is 0 Å². The number of fused-ring (bicyclic) bond motifs is 10. The lowest BCUT2D eigenvalue weighted by atomic mass is 9.89. The fraction of sp³-hybridized carbons (Fsp3) is 0. The molecule has 0 aliphatic carbocycles. The lowest BCUT2D eigenvalue weighted by Gasteiger charge is -2.16. The molecule has 52 heavy (non-hydrogen) atoms. The fourth-order valence-corrected chi connectivity index (χ4v) is 8.85. The second-order valence-electron chi connectivity index (χ2n) is 13.1. The first-order valence-electron chi connectivity index (χ1n) is 17.4. The van der Waals surface area contributed by atoms with Crippen molar-refractivity contribution in [2.24, 2.45) is 0 Å². The normalized spacial score (nSPS) is 11.8. The Morgan fingerprint density at radius 1 is 0.385 bits per heavy atom. The topological polar surface area (TPSA) is 51.8 Å². The molecular weight excluding hydrogens is 655 g/mol. The Balaban J connectivity index is 1.28. The molecule has 0 saturated heterocycles. The highest BCUT2D eigenvalue weighted by atomic mass is 32.1. The van der Waals surface area contributed by atoms with E-state index in [2.05, 4.69) is 121 Å². The largest absolute Gasteiger partial charge is 0.455 e. The molecule has 3 heterocycles. The van der Waals surface area contributed by atoms with Crippen molar-refractivity contribution in [2.75, 3.05) is 0 Å². The van der Waals surface area contributed by atoms with Crippen LogP contribution in [0.5, 0.6) is 0 Å². The minimum Gasteiger partial charge on any atom is -0.455 e. The lowest BCUT2D eigenvalue weighted by Crippen LogP contribution is -2.01. The third kappa shape index (κ3) is 4.50. The van der Waals surface area contributed by atoms with Crippen molar-refractivity contribution in [1.82, 2.24) is 15.0 Å². The van der Waals surface area contributed by atoms with Gasteiger partial charge in [-0.3, -0.25) is 0 Å². The Labute approximate surface area is 302 Å². The number of thiophene rings is 1. The number of hydrogen-bond acceptors (Lipinski definition) is 5. The summed E-state index contributed by atoms with van der Waals surface area (Å²) in [6.45, 7) is 0. The van der Waals surface area contributed by atoms with Crippen LogP contribution in [0.4, 0.5) is 0 Å². The molecule has 0 fully saturated rings. The smallest absolute Gasteiger partial charge is 0.164 e. The summed E-state index contributed by atoms with van der Waals surface area (Å²) in [4.78, 5) is 15.4. The van der Waals surface area contributed by atoms with Gasteiger partial charge in [0.25, 0.3) is 0 Å². The zero-order chi connectivity index (χ0) is 34.2. The summed E-state index contributed by atoms with van der Waals surface area (Å²) in [5.74, 6) is 1.90. The number of benzene rings is 8. The van der Waals surface area contributed by atoms with Crippen molar-refractivity contribution in [1.29, 1.82) is 0 Å². The van der Waals surface area contributed by atoms with E-state index < -0.39 is 0 Å². The molecule has 0 saturated carbocycles. The van der Waals surface area contributed by atoms with Crippen LogP contribution < -0.4 is 0 Å². The fourth-order valence-electron chi connectivity index (χ4n) is 7.69. The first-order valence-corrected chi connectivity index (χ1v) is 18.2. The minimum absolute atomic E-state index is 0.628. The summed E-state index contributed by atoms with van der Waals surface area (Å²) < 4.78 is 9.23. The first kappa shape index (κ1) is 29.1. The van der Waals surface area contributed by atoms with E-state index in [1.54, 1.807) is 0 Å². The van der Waals surface area contributed by atoms with Gasteiger partial charge in [0.2, 0.25) is 0 Å². The van der Waals surface area contributed by atoms with Crippen LogP contribution >= 0.6 is 11.3 Å². The average Bonchev–Trinajstić information content (AvgIpc) is 3.79. The molecule has 11 aromatic rings. The van der Waals surface area contributed by atoms with E-state index in [0.29, 0.717) is 17.5 Å². The van der Waals surface area contributed by atoms with E-state index in [-0.39, 0.29) is 0 Å². The van der Waals surface area contributed by atoms with Crippen molar-refractivity contribution < 1.29 is 4.42 Å². The molecule has 242 valence electrons. The van der Waals surface area contributed by atoms with Gasteiger partial charge in [-0.05, 0) is 63.7 Å². The first-order chi connectivity index (χ1) is 25.8. The van der Waals surface area contributed by atoms with Gasteiger partial charge in [-0.15, -0.1) is 11.3 Å². The van der Waals surface area contributed by atoms with Gasteiger partial charge in [-0.2, -0.15) is 0 Å². The summed E-state index contributed by atoms with van der Waals surface area (Å²) in [5, 5.41) is 9.23. The Kier molecular flexibility index (Phi) is 6.39. The second kappa shape index (κ2) is 11.4. The zero-order valence-corrected chi connectivity index (χ0v) is 28.6. The molecule has 0 aliphatic heterocycles. The summed E-state index contributed by atoms with van der Waals surface area (Å²) in [5.41, 5.74) is 6.80. The summed E-state index contributed by atoms with van der Waals surface area (Å²) in [6, 6.07) is 57.3. The minimum atomic E-state index is 0.628. The molecule has 11 rings (SSSR count). The maximum atomic E-state index is 6.77. The molecule has 5 heteroatoms. The SMILES string of the molecule is c1ccc(-c2nc(-c3ccccc3)nc(-c3cc4ccccc4cc3-c3cc4sc5ccccc5c4c4c3ccc3c5ccccc5oc34)n2)cc1. The van der Waals surface area contributed by atoms with E-state index >= 15 is 0 Å². The summed E-state index contributed by atoms with van der Waals surface area (Å²) in [6.07, 6.45) is 0. The van der Waals surface area contributed by atoms with Gasteiger partial charge in [-0.1, -0.05) is 127 Å². The zero-order valence-electron chi connectivity index (χ0n) is 27.7. The summed E-state index contributed by atoms with van der Waals surface area (Å²) >= 11 is 1.82. The van der Waals surface area contributed by atoms with Gasteiger partial charge in [-0.25, -0.2) is 15.0 Å². The third-order valence-corrected chi connectivity index (χ3v) is 11.2. The highest BCUT2D eigenvalue weighted by Gasteiger charge is 2.23. The van der Waals surface area contributed by atoms with Crippen molar-refractivity contribution in [3.05, 3.63) is 164 Å². The molecule has 8 aromatic carbocycles. The van der Waals surface area contributed by atoms with E-state index in [4.69, 9.17) is 19.4 Å². The number of para-hydroxylation sites is 1. The van der Waals surface area contributed by atoms with Crippen LogP contribution in [-0.4, -0.2) is 15.0 Å². The molecule has 0 spiro atoms. The Morgan fingerprint density at radius 3 is 1.69 bits per heavy atom. The number of hydrogen-bond donors (Lipinski definition) is 0. The molecule has 0 radical (unpaired) electrons.